The van der Waals surface area contributed by atoms with Gasteiger partial charge in [-0.15, -0.1) is 11.3 Å². The van der Waals surface area contributed by atoms with Crippen LogP contribution in [0.25, 0.3) is 0 Å². The fourth-order valence-corrected chi connectivity index (χ4v) is 3.27. The first-order valence-corrected chi connectivity index (χ1v) is 7.45. The third-order valence-electron chi connectivity index (χ3n) is 3.30. The number of aromatic nitrogens is 1. The highest BCUT2D eigenvalue weighted by Crippen LogP contribution is 2.20. The summed E-state index contributed by atoms with van der Waals surface area (Å²) in [6.07, 6.45) is 3.95. The Hall–Kier alpha value is -0.940. The standard InChI is InChI=1S/C13H20N2O2S/c1-2-4-12-14-11(9-18-12)8-15-6-3-5-10(7-15)13(16)17/h9-10H,2-8H2,1H3,(H,16,17)/t10-/m1/s1. The van der Waals surface area contributed by atoms with Gasteiger partial charge in [-0.05, 0) is 32.2 Å². The number of aryl methyl sites for hydroxylation is 1. The molecule has 1 saturated heterocycles. The Bertz CT molecular complexity index is 405. The summed E-state index contributed by atoms with van der Waals surface area (Å²) in [4.78, 5) is 17.8. The summed E-state index contributed by atoms with van der Waals surface area (Å²) in [6.45, 7) is 4.60. The number of carboxylic acid groups (broad SMARTS) is 1. The molecule has 1 atom stereocenters. The number of carbonyl (C=O) groups is 1. The molecule has 1 aromatic heterocycles. The first-order valence-electron chi connectivity index (χ1n) is 6.57. The number of piperidine rings is 1. The Morgan fingerprint density at radius 1 is 1.67 bits per heavy atom. The molecule has 0 saturated carbocycles. The number of carboxylic acids is 1. The third-order valence-corrected chi connectivity index (χ3v) is 4.26. The Kier molecular flexibility index (Phi) is 4.72. The Balaban J connectivity index is 1.89. The van der Waals surface area contributed by atoms with E-state index in [1.165, 1.54) is 5.01 Å². The van der Waals surface area contributed by atoms with Crippen molar-refractivity contribution < 1.29 is 9.90 Å². The fraction of sp³-hybridized carbons (Fsp3) is 0.692. The molecule has 0 amide bonds. The van der Waals surface area contributed by atoms with Gasteiger partial charge < -0.3 is 5.11 Å². The van der Waals surface area contributed by atoms with Gasteiger partial charge in [0.15, 0.2) is 0 Å². The molecule has 1 aliphatic heterocycles. The van der Waals surface area contributed by atoms with E-state index in [-0.39, 0.29) is 5.92 Å². The molecule has 1 aliphatic rings. The minimum Gasteiger partial charge on any atom is -0.481 e. The lowest BCUT2D eigenvalue weighted by molar-refractivity contribution is -0.143. The maximum atomic E-state index is 11.0. The van der Waals surface area contributed by atoms with Crippen molar-refractivity contribution in [1.29, 1.82) is 0 Å². The molecular formula is C13H20N2O2S. The van der Waals surface area contributed by atoms with Crippen molar-refractivity contribution in [2.45, 2.75) is 39.2 Å². The van der Waals surface area contributed by atoms with Crippen LogP contribution in [0.5, 0.6) is 0 Å². The van der Waals surface area contributed by atoms with Crippen molar-refractivity contribution in [3.8, 4) is 0 Å². The van der Waals surface area contributed by atoms with Gasteiger partial charge in [0.05, 0.1) is 16.6 Å². The highest BCUT2D eigenvalue weighted by atomic mass is 32.1. The van der Waals surface area contributed by atoms with Gasteiger partial charge in [-0.1, -0.05) is 6.92 Å². The van der Waals surface area contributed by atoms with Crippen molar-refractivity contribution in [3.63, 3.8) is 0 Å². The monoisotopic (exact) mass is 268 g/mol. The molecule has 0 radical (unpaired) electrons. The zero-order valence-corrected chi connectivity index (χ0v) is 11.6. The average molecular weight is 268 g/mol. The molecule has 1 fully saturated rings. The van der Waals surface area contributed by atoms with Crippen LogP contribution in [0.4, 0.5) is 0 Å². The Morgan fingerprint density at radius 2 is 2.50 bits per heavy atom. The summed E-state index contributed by atoms with van der Waals surface area (Å²) >= 11 is 1.72. The van der Waals surface area contributed by atoms with Crippen LogP contribution in [0.2, 0.25) is 0 Å². The van der Waals surface area contributed by atoms with Gasteiger partial charge >= 0.3 is 5.97 Å². The fourth-order valence-electron chi connectivity index (χ4n) is 2.38. The summed E-state index contributed by atoms with van der Waals surface area (Å²) in [5.41, 5.74) is 1.09. The molecule has 0 spiro atoms. The first kappa shape index (κ1) is 13.5. The summed E-state index contributed by atoms with van der Waals surface area (Å²) in [6, 6.07) is 0. The molecule has 5 heteroatoms. The Labute approximate surface area is 112 Å². The van der Waals surface area contributed by atoms with Crippen LogP contribution in [-0.2, 0) is 17.8 Å². The predicted molar refractivity (Wildman–Crippen MR) is 71.7 cm³/mol. The van der Waals surface area contributed by atoms with Gasteiger partial charge in [0.1, 0.15) is 0 Å². The number of rotatable bonds is 5. The third kappa shape index (κ3) is 3.53. The topological polar surface area (TPSA) is 53.4 Å². The van der Waals surface area contributed by atoms with Crippen LogP contribution in [-0.4, -0.2) is 34.0 Å². The van der Waals surface area contributed by atoms with Crippen molar-refractivity contribution in [2.75, 3.05) is 13.1 Å². The normalized spacial score (nSPS) is 21.1. The van der Waals surface area contributed by atoms with Gasteiger partial charge in [0.25, 0.3) is 0 Å². The van der Waals surface area contributed by atoms with Crippen molar-refractivity contribution in [2.24, 2.45) is 5.92 Å². The molecule has 4 nitrogen and oxygen atoms in total. The molecule has 0 aromatic carbocycles. The first-order chi connectivity index (χ1) is 8.69. The highest BCUT2D eigenvalue weighted by Gasteiger charge is 2.25. The molecule has 2 heterocycles. The van der Waals surface area contributed by atoms with E-state index in [9.17, 15) is 4.79 Å². The summed E-state index contributed by atoms with van der Waals surface area (Å²) < 4.78 is 0. The minimum atomic E-state index is -0.662. The smallest absolute Gasteiger partial charge is 0.307 e. The second-order valence-corrected chi connectivity index (χ2v) is 5.84. The largest absolute Gasteiger partial charge is 0.481 e. The lowest BCUT2D eigenvalue weighted by atomic mass is 9.98. The minimum absolute atomic E-state index is 0.201. The number of hydrogen-bond acceptors (Lipinski definition) is 4. The summed E-state index contributed by atoms with van der Waals surface area (Å²) in [5.74, 6) is -0.864. The zero-order valence-electron chi connectivity index (χ0n) is 10.8. The quantitative estimate of drug-likeness (QED) is 0.891. The molecule has 0 bridgehead atoms. The van der Waals surface area contributed by atoms with E-state index in [1.807, 2.05) is 0 Å². The van der Waals surface area contributed by atoms with Gasteiger partial charge in [0.2, 0.25) is 0 Å². The van der Waals surface area contributed by atoms with Gasteiger partial charge in [-0.25, -0.2) is 4.98 Å². The highest BCUT2D eigenvalue weighted by molar-refractivity contribution is 7.09. The number of nitrogens with zero attached hydrogens (tertiary/aromatic N) is 2. The van der Waals surface area contributed by atoms with E-state index in [4.69, 9.17) is 5.11 Å². The van der Waals surface area contributed by atoms with Crippen LogP contribution >= 0.6 is 11.3 Å². The van der Waals surface area contributed by atoms with Gasteiger partial charge in [0, 0.05) is 18.5 Å². The van der Waals surface area contributed by atoms with E-state index in [2.05, 4.69) is 22.2 Å². The second-order valence-electron chi connectivity index (χ2n) is 4.90. The number of aliphatic carboxylic acids is 1. The predicted octanol–water partition coefficient (Wildman–Crippen LogP) is 2.39. The van der Waals surface area contributed by atoms with Crippen LogP contribution in [0.15, 0.2) is 5.38 Å². The molecular weight excluding hydrogens is 248 g/mol. The van der Waals surface area contributed by atoms with Gasteiger partial charge in [-0.3, -0.25) is 9.69 Å². The van der Waals surface area contributed by atoms with E-state index in [0.29, 0.717) is 6.54 Å². The van der Waals surface area contributed by atoms with Crippen molar-refractivity contribution in [3.05, 3.63) is 16.1 Å². The van der Waals surface area contributed by atoms with Crippen LogP contribution < -0.4 is 0 Å². The SMILES string of the molecule is CCCc1nc(CN2CCC[C@@H](C(=O)O)C2)cs1. The maximum absolute atomic E-state index is 11.0. The van der Waals surface area contributed by atoms with Crippen LogP contribution in [0.3, 0.4) is 0 Å². The number of thiazole rings is 1. The summed E-state index contributed by atoms with van der Waals surface area (Å²) in [7, 11) is 0. The van der Waals surface area contributed by atoms with E-state index in [1.54, 1.807) is 11.3 Å². The number of hydrogen-bond donors (Lipinski definition) is 1. The van der Waals surface area contributed by atoms with E-state index in [0.717, 1.165) is 44.5 Å². The van der Waals surface area contributed by atoms with E-state index < -0.39 is 5.97 Å². The van der Waals surface area contributed by atoms with Gasteiger partial charge in [-0.2, -0.15) is 0 Å². The number of likely N-dealkylation sites (tertiary alicyclic amines) is 1. The second kappa shape index (κ2) is 6.29. The zero-order chi connectivity index (χ0) is 13.0. The summed E-state index contributed by atoms with van der Waals surface area (Å²) in [5, 5.41) is 12.4. The van der Waals surface area contributed by atoms with Crippen LogP contribution in [0, 0.1) is 5.92 Å². The Morgan fingerprint density at radius 3 is 3.22 bits per heavy atom. The molecule has 1 aromatic rings. The molecule has 18 heavy (non-hydrogen) atoms. The van der Waals surface area contributed by atoms with Crippen molar-refractivity contribution >= 4 is 17.3 Å². The molecule has 100 valence electrons. The van der Waals surface area contributed by atoms with E-state index >= 15 is 0 Å². The average Bonchev–Trinajstić information content (AvgIpc) is 2.77. The molecule has 0 aliphatic carbocycles. The van der Waals surface area contributed by atoms with Crippen LogP contribution in [0.1, 0.15) is 36.9 Å². The molecule has 0 unspecified atom stereocenters. The molecule has 2 rings (SSSR count). The lowest BCUT2D eigenvalue weighted by Gasteiger charge is -2.29. The maximum Gasteiger partial charge on any atom is 0.307 e. The molecule has 1 N–H and O–H groups in total. The lowest BCUT2D eigenvalue weighted by Crippen LogP contribution is -2.38. The van der Waals surface area contributed by atoms with Crippen molar-refractivity contribution in [1.82, 2.24) is 9.88 Å².